The van der Waals surface area contributed by atoms with E-state index in [4.69, 9.17) is 42.1 Å². The summed E-state index contributed by atoms with van der Waals surface area (Å²) in [5.74, 6) is -0.869. The van der Waals surface area contributed by atoms with Crippen LogP contribution < -0.4 is 4.74 Å². The van der Waals surface area contributed by atoms with Gasteiger partial charge in [-0.1, -0.05) is 71.7 Å². The first-order valence-electron chi connectivity index (χ1n) is 25.0. The Balaban J connectivity index is 1.11. The minimum atomic E-state index is -1.64. The summed E-state index contributed by atoms with van der Waals surface area (Å²) >= 11 is 12.9. The Bertz CT molecular complexity index is 2910. The summed E-state index contributed by atoms with van der Waals surface area (Å²) in [5, 5.41) is 11.2. The molecule has 5 aromatic rings. The van der Waals surface area contributed by atoms with Crippen molar-refractivity contribution < 1.29 is 48.0 Å². The van der Waals surface area contributed by atoms with Gasteiger partial charge in [0.25, 0.3) is 0 Å². The molecular weight excluding hydrogens is 1000 g/mol. The smallest absolute Gasteiger partial charge is 0.411 e. The molecule has 4 aromatic carbocycles. The average Bonchev–Trinajstić information content (AvgIpc) is 3.61. The lowest BCUT2D eigenvalue weighted by atomic mass is 9.91. The fourth-order valence-corrected chi connectivity index (χ4v) is 10.4. The molecule has 1 spiro atoms. The summed E-state index contributed by atoms with van der Waals surface area (Å²) < 4.78 is 26.4. The number of carbonyl (C=O) groups is 5. The van der Waals surface area contributed by atoms with Crippen LogP contribution in [0.5, 0.6) is 11.5 Å². The van der Waals surface area contributed by atoms with Crippen LogP contribution in [0.25, 0.3) is 11.3 Å². The van der Waals surface area contributed by atoms with Gasteiger partial charge in [-0.2, -0.15) is 0 Å². The first-order valence-corrected chi connectivity index (χ1v) is 25.7. The van der Waals surface area contributed by atoms with Crippen LogP contribution in [0.1, 0.15) is 82.9 Å². The summed E-state index contributed by atoms with van der Waals surface area (Å²) in [5.41, 5.74) is 0.682. The minimum Gasteiger partial charge on any atom is -0.478 e. The number of nitrogens with zero attached hydrogens (tertiary/aromatic N) is 7. The number of hydrogen-bond donors (Lipinski definition) is 1. The van der Waals surface area contributed by atoms with Gasteiger partial charge in [-0.15, -0.1) is 0 Å². The molecule has 8 rings (SSSR count). The summed E-state index contributed by atoms with van der Waals surface area (Å²) in [6, 6.07) is 25.2. The first-order chi connectivity index (χ1) is 35.5. The number of piperidine rings is 1. The molecule has 1 N–H and O–H groups in total. The number of halogens is 2. The predicted molar refractivity (Wildman–Crippen MR) is 282 cm³/mol. The average molecular weight is 1070 g/mol. The number of imidazole rings is 1. The molecule has 1 unspecified atom stereocenters. The van der Waals surface area contributed by atoms with Gasteiger partial charge in [0.15, 0.2) is 0 Å². The van der Waals surface area contributed by atoms with E-state index < -0.39 is 71.1 Å². The van der Waals surface area contributed by atoms with Crippen LogP contribution in [0.2, 0.25) is 10.0 Å². The summed E-state index contributed by atoms with van der Waals surface area (Å²) in [7, 11) is 5.92. The zero-order chi connectivity index (χ0) is 54.1. The van der Waals surface area contributed by atoms with Crippen LogP contribution in [-0.4, -0.2) is 138 Å². The zero-order valence-electron chi connectivity index (χ0n) is 43.8. The highest BCUT2D eigenvalue weighted by molar-refractivity contribution is 6.31. The maximum absolute atomic E-state index is 15.4. The molecule has 0 radical (unpaired) electrons. The van der Waals surface area contributed by atoms with Gasteiger partial charge in [-0.25, -0.2) is 19.4 Å². The standard InChI is InChI=1S/C56H65Cl2N7O10/c1-35(49(66)64-44(33-72-55(64,5)6)50(67)65-48(38-16-21-40(57)22-17-38)56(65)26-13-27-62(34-56)52(70)75-54(2,3)4)63(53(71)74-46(51(68)69)28-36-14-11-10-12-15-36)31-39-18-23-41(58)29-45(39)73-42-24-19-37(20-25-42)43-30-59-47(61(43)9)32-60(7)8/h10-12,14-25,29-30,35,44,46,48H,13,26-28,31-34H2,1-9H3,(H,68,69)/t35-,44-,46-,48?,56-,65?/m0/s1. The van der Waals surface area contributed by atoms with Gasteiger partial charge >= 0.3 is 18.2 Å². The molecule has 398 valence electrons. The van der Waals surface area contributed by atoms with E-state index in [0.717, 1.165) is 27.5 Å². The Kier molecular flexibility index (Phi) is 15.9. The Morgan fingerprint density at radius 2 is 1.59 bits per heavy atom. The minimum absolute atomic E-state index is 0.152. The Morgan fingerprint density at radius 3 is 2.24 bits per heavy atom. The lowest BCUT2D eigenvalue weighted by molar-refractivity contribution is -0.156. The van der Waals surface area contributed by atoms with Gasteiger partial charge in [0.2, 0.25) is 17.9 Å². The number of carboxylic acid groups (broad SMARTS) is 1. The van der Waals surface area contributed by atoms with Crippen molar-refractivity contribution >= 4 is 53.2 Å². The van der Waals surface area contributed by atoms with Gasteiger partial charge in [0.05, 0.1) is 43.2 Å². The number of benzene rings is 4. The third-order valence-electron chi connectivity index (χ3n) is 13.9. The highest BCUT2D eigenvalue weighted by Crippen LogP contribution is 2.59. The molecule has 0 bridgehead atoms. The zero-order valence-corrected chi connectivity index (χ0v) is 45.3. The van der Waals surface area contributed by atoms with E-state index >= 15 is 9.59 Å². The van der Waals surface area contributed by atoms with Crippen molar-refractivity contribution in [2.45, 2.75) is 115 Å². The maximum atomic E-state index is 15.4. The van der Waals surface area contributed by atoms with E-state index in [0.29, 0.717) is 52.9 Å². The molecule has 3 aliphatic rings. The normalized spacial score (nSPS) is 19.9. The summed E-state index contributed by atoms with van der Waals surface area (Å²) in [6.45, 7) is 11.0. The van der Waals surface area contributed by atoms with Crippen molar-refractivity contribution in [2.75, 3.05) is 33.8 Å². The van der Waals surface area contributed by atoms with Gasteiger partial charge in [-0.3, -0.25) is 19.4 Å². The highest BCUT2D eigenvalue weighted by atomic mass is 35.5. The number of carboxylic acids is 1. The van der Waals surface area contributed by atoms with Crippen molar-refractivity contribution in [2.24, 2.45) is 7.05 Å². The highest BCUT2D eigenvalue weighted by Gasteiger charge is 2.69. The second kappa shape index (κ2) is 21.9. The van der Waals surface area contributed by atoms with Gasteiger partial charge in [0.1, 0.15) is 40.7 Å². The topological polar surface area (TPSA) is 176 Å². The van der Waals surface area contributed by atoms with E-state index in [-0.39, 0.29) is 31.9 Å². The Morgan fingerprint density at radius 1 is 0.907 bits per heavy atom. The molecule has 0 saturated carbocycles. The van der Waals surface area contributed by atoms with Crippen LogP contribution in [0.4, 0.5) is 9.59 Å². The fraction of sp³-hybridized carbons (Fsp3) is 0.429. The van der Waals surface area contributed by atoms with Crippen molar-refractivity contribution in [3.8, 4) is 22.8 Å². The third-order valence-corrected chi connectivity index (χ3v) is 14.4. The van der Waals surface area contributed by atoms with Crippen molar-refractivity contribution in [3.63, 3.8) is 0 Å². The molecule has 0 aliphatic carbocycles. The van der Waals surface area contributed by atoms with Crippen molar-refractivity contribution in [1.29, 1.82) is 0 Å². The number of hydrogen-bond acceptors (Lipinski definition) is 11. The monoisotopic (exact) mass is 1070 g/mol. The maximum Gasteiger partial charge on any atom is 0.411 e. The molecule has 4 heterocycles. The number of rotatable bonds is 15. The summed E-state index contributed by atoms with van der Waals surface area (Å²) in [6.07, 6.45) is -0.412. The van der Waals surface area contributed by atoms with Crippen LogP contribution >= 0.6 is 23.2 Å². The molecule has 75 heavy (non-hydrogen) atoms. The second-order valence-corrected chi connectivity index (χ2v) is 22.1. The first kappa shape index (κ1) is 54.6. The number of ether oxygens (including phenoxy) is 4. The lowest BCUT2D eigenvalue weighted by Gasteiger charge is -2.38. The molecule has 5 atom stereocenters. The number of carbonyl (C=O) groups excluding carboxylic acids is 4. The molecule has 1 aromatic heterocycles. The van der Waals surface area contributed by atoms with Gasteiger partial charge < -0.3 is 43.3 Å². The van der Waals surface area contributed by atoms with E-state index in [9.17, 15) is 19.5 Å². The van der Waals surface area contributed by atoms with Gasteiger partial charge in [-0.05, 0) is 128 Å². The van der Waals surface area contributed by atoms with E-state index in [1.165, 1.54) is 11.8 Å². The van der Waals surface area contributed by atoms with Gasteiger partial charge in [0, 0.05) is 47.7 Å². The van der Waals surface area contributed by atoms with Crippen LogP contribution in [-0.2, 0) is 55.2 Å². The number of aromatic nitrogens is 2. The predicted octanol–water partition coefficient (Wildman–Crippen LogP) is 9.59. The SMILES string of the molecule is C[C@@H](C(=O)N1[C@H](C(=O)N2C(c3ccc(Cl)cc3)[C@@]23CCCN(C(=O)OC(C)(C)C)C3)COC1(C)C)N(Cc1ccc(Cl)cc1Oc1ccc(-c2cnc(CN(C)C)n2C)cc1)C(=O)O[C@@H](Cc1ccccc1)C(=O)O. The number of aliphatic carboxylic acids is 1. The fourth-order valence-electron chi connectivity index (χ4n) is 10.1. The molecule has 17 nitrogen and oxygen atoms in total. The van der Waals surface area contributed by atoms with Crippen molar-refractivity contribution in [3.05, 3.63) is 136 Å². The quantitative estimate of drug-likeness (QED) is 0.0985. The van der Waals surface area contributed by atoms with Crippen LogP contribution in [0.3, 0.4) is 0 Å². The molecule has 3 fully saturated rings. The van der Waals surface area contributed by atoms with E-state index in [1.54, 1.807) is 117 Å². The molecule has 19 heteroatoms. The molecule has 4 amide bonds. The molecule has 3 saturated heterocycles. The van der Waals surface area contributed by atoms with Crippen LogP contribution in [0, 0.1) is 0 Å². The molecular formula is C56H65Cl2N7O10. The lowest BCUT2D eigenvalue weighted by Crippen LogP contribution is -2.59. The number of amides is 4. The van der Waals surface area contributed by atoms with E-state index in [1.807, 2.05) is 61.1 Å². The third kappa shape index (κ3) is 12.1. The molecule has 3 aliphatic heterocycles. The Hall–Kier alpha value is -6.66. The number of likely N-dealkylation sites (tertiary alicyclic amines) is 1. The second-order valence-electron chi connectivity index (χ2n) is 21.2. The summed E-state index contributed by atoms with van der Waals surface area (Å²) in [4.78, 5) is 84.3. The van der Waals surface area contributed by atoms with Crippen molar-refractivity contribution in [1.82, 2.24) is 34.1 Å². The largest absolute Gasteiger partial charge is 0.478 e. The Labute approximate surface area is 447 Å². The van der Waals surface area contributed by atoms with E-state index in [2.05, 4.69) is 4.98 Å². The van der Waals surface area contributed by atoms with Crippen LogP contribution in [0.15, 0.2) is 103 Å².